The molecule has 0 bridgehead atoms. The van der Waals surface area contributed by atoms with Gasteiger partial charge >= 0.3 is 6.03 Å². The summed E-state index contributed by atoms with van der Waals surface area (Å²) in [4.78, 5) is 16.1. The summed E-state index contributed by atoms with van der Waals surface area (Å²) in [5.74, 6) is -0.240. The largest absolute Gasteiger partial charge is 0.336 e. The molecule has 0 unspecified atom stereocenters. The van der Waals surface area contributed by atoms with Crippen molar-refractivity contribution in [2.45, 2.75) is 6.42 Å². The number of rotatable bonds is 6. The quantitative estimate of drug-likeness (QED) is 0.444. The monoisotopic (exact) mass is 484 g/mol. The van der Waals surface area contributed by atoms with Crippen molar-refractivity contribution in [2.75, 3.05) is 39.3 Å². The van der Waals surface area contributed by atoms with Crippen LogP contribution in [0.3, 0.4) is 0 Å². The van der Waals surface area contributed by atoms with E-state index >= 15 is 0 Å². The van der Waals surface area contributed by atoms with Crippen LogP contribution in [-0.2, 0) is 7.05 Å². The second kappa shape index (κ2) is 9.28. The van der Waals surface area contributed by atoms with Gasteiger partial charge in [0.2, 0.25) is 0 Å². The molecule has 1 fully saturated rings. The van der Waals surface area contributed by atoms with Crippen LogP contribution in [0, 0.1) is 5.82 Å². The molecule has 8 heteroatoms. The summed E-state index contributed by atoms with van der Waals surface area (Å²) in [5.41, 5.74) is 6.75. The molecule has 6 rings (SSSR count). The summed E-state index contributed by atoms with van der Waals surface area (Å²) >= 11 is 0. The molecule has 1 N–H and O–H groups in total. The van der Waals surface area contributed by atoms with Gasteiger partial charge in [-0.1, -0.05) is 12.1 Å². The predicted molar refractivity (Wildman–Crippen MR) is 139 cm³/mol. The van der Waals surface area contributed by atoms with Crippen molar-refractivity contribution in [3.05, 3.63) is 78.5 Å². The van der Waals surface area contributed by atoms with Crippen molar-refractivity contribution >= 4 is 22.5 Å². The minimum absolute atomic E-state index is 0.0428. The molecule has 0 atom stereocenters. The lowest BCUT2D eigenvalue weighted by atomic mass is 9.97. The van der Waals surface area contributed by atoms with Crippen LogP contribution < -0.4 is 5.32 Å². The fourth-order valence-electron chi connectivity index (χ4n) is 5.20. The number of fused-ring (bicyclic) bond motifs is 1. The van der Waals surface area contributed by atoms with Crippen LogP contribution in [0.5, 0.6) is 0 Å². The lowest BCUT2D eigenvalue weighted by molar-refractivity contribution is 0.205. The Bertz CT molecular complexity index is 1450. The van der Waals surface area contributed by atoms with Crippen LogP contribution in [0.1, 0.15) is 12.0 Å². The van der Waals surface area contributed by atoms with E-state index in [2.05, 4.69) is 50.4 Å². The second-order valence-corrected chi connectivity index (χ2v) is 9.52. The number of halogens is 1. The molecule has 36 heavy (non-hydrogen) atoms. The Balaban J connectivity index is 1.33. The predicted octanol–water partition coefficient (Wildman–Crippen LogP) is 4.28. The van der Waals surface area contributed by atoms with Gasteiger partial charge in [-0.15, -0.1) is 0 Å². The molecule has 2 aliphatic heterocycles. The zero-order valence-electron chi connectivity index (χ0n) is 20.3. The molecule has 184 valence electrons. The van der Waals surface area contributed by atoms with E-state index in [0.717, 1.165) is 68.0 Å². The molecule has 7 nitrogen and oxygen atoms in total. The Morgan fingerprint density at radius 3 is 2.58 bits per heavy atom. The van der Waals surface area contributed by atoms with Crippen molar-refractivity contribution in [3.8, 4) is 16.8 Å². The van der Waals surface area contributed by atoms with Crippen LogP contribution in [0.25, 0.3) is 33.3 Å². The van der Waals surface area contributed by atoms with E-state index < -0.39 is 0 Å². The maximum atomic E-state index is 13.6. The van der Waals surface area contributed by atoms with Crippen LogP contribution in [0.2, 0.25) is 0 Å². The number of amides is 2. The maximum absolute atomic E-state index is 13.6. The summed E-state index contributed by atoms with van der Waals surface area (Å²) in [5, 5.41) is 8.38. The van der Waals surface area contributed by atoms with Gasteiger partial charge in [0.1, 0.15) is 5.82 Å². The van der Waals surface area contributed by atoms with Crippen molar-refractivity contribution in [1.82, 2.24) is 29.5 Å². The molecule has 4 heterocycles. The van der Waals surface area contributed by atoms with Crippen molar-refractivity contribution < 1.29 is 9.18 Å². The fraction of sp³-hybridized carbons (Fsp3) is 0.286. The SMILES string of the molecule is Cn1cc(-c2ccc3c(c2)c(C2=CCN(CCN4CCNC4=O)CC2)cn3-c2ccc(F)cc2)cn1. The van der Waals surface area contributed by atoms with Gasteiger partial charge in [0.05, 0.1) is 11.7 Å². The minimum Gasteiger partial charge on any atom is -0.336 e. The van der Waals surface area contributed by atoms with Gasteiger partial charge in [-0.25, -0.2) is 9.18 Å². The third-order valence-corrected chi connectivity index (χ3v) is 7.22. The van der Waals surface area contributed by atoms with Gasteiger partial charge in [-0.2, -0.15) is 5.10 Å². The Hall–Kier alpha value is -3.91. The maximum Gasteiger partial charge on any atom is 0.317 e. The second-order valence-electron chi connectivity index (χ2n) is 9.52. The van der Waals surface area contributed by atoms with Crippen molar-refractivity contribution in [2.24, 2.45) is 7.05 Å². The normalized spacial score (nSPS) is 16.6. The molecule has 2 aromatic heterocycles. The molecule has 0 saturated carbocycles. The van der Waals surface area contributed by atoms with E-state index in [1.54, 1.807) is 0 Å². The average molecular weight is 485 g/mol. The summed E-state index contributed by atoms with van der Waals surface area (Å²) in [6.45, 7) is 4.97. The van der Waals surface area contributed by atoms with E-state index in [9.17, 15) is 9.18 Å². The number of urea groups is 1. The molecular weight excluding hydrogens is 455 g/mol. The minimum atomic E-state index is -0.240. The van der Waals surface area contributed by atoms with Crippen LogP contribution in [0.4, 0.5) is 9.18 Å². The third kappa shape index (κ3) is 4.28. The topological polar surface area (TPSA) is 58.3 Å². The fourth-order valence-corrected chi connectivity index (χ4v) is 5.20. The highest BCUT2D eigenvalue weighted by Crippen LogP contribution is 2.35. The number of carbonyl (C=O) groups is 1. The van der Waals surface area contributed by atoms with Crippen molar-refractivity contribution in [3.63, 3.8) is 0 Å². The van der Waals surface area contributed by atoms with E-state index in [0.29, 0.717) is 0 Å². The zero-order valence-corrected chi connectivity index (χ0v) is 20.3. The molecule has 0 spiro atoms. The number of benzene rings is 2. The Morgan fingerprint density at radius 2 is 1.89 bits per heavy atom. The summed E-state index contributed by atoms with van der Waals surface area (Å²) < 4.78 is 17.6. The smallest absolute Gasteiger partial charge is 0.317 e. The van der Waals surface area contributed by atoms with Crippen molar-refractivity contribution in [1.29, 1.82) is 0 Å². The van der Waals surface area contributed by atoms with Gasteiger partial charge < -0.3 is 14.8 Å². The highest BCUT2D eigenvalue weighted by molar-refractivity contribution is 5.97. The van der Waals surface area contributed by atoms with Gasteiger partial charge in [0.15, 0.2) is 0 Å². The molecular formula is C28H29FN6O. The molecule has 2 aromatic carbocycles. The Kier molecular flexibility index (Phi) is 5.81. The number of aryl methyl sites for hydroxylation is 1. The number of nitrogens with zero attached hydrogens (tertiary/aromatic N) is 5. The molecule has 1 saturated heterocycles. The van der Waals surface area contributed by atoms with Crippen LogP contribution in [0.15, 0.2) is 67.1 Å². The number of carbonyl (C=O) groups excluding carboxylic acids is 1. The van der Waals surface area contributed by atoms with Gasteiger partial charge in [-0.05, 0) is 54.0 Å². The van der Waals surface area contributed by atoms with Crippen LogP contribution in [-0.4, -0.2) is 69.4 Å². The number of hydrogen-bond donors (Lipinski definition) is 1. The zero-order chi connectivity index (χ0) is 24.6. The van der Waals surface area contributed by atoms with Gasteiger partial charge in [0.25, 0.3) is 0 Å². The first-order valence-corrected chi connectivity index (χ1v) is 12.4. The third-order valence-electron chi connectivity index (χ3n) is 7.22. The lowest BCUT2D eigenvalue weighted by Crippen LogP contribution is -2.38. The molecule has 0 radical (unpaired) electrons. The molecule has 2 amide bonds. The van der Waals surface area contributed by atoms with E-state index in [1.165, 1.54) is 28.7 Å². The lowest BCUT2D eigenvalue weighted by Gasteiger charge is -2.28. The van der Waals surface area contributed by atoms with E-state index in [4.69, 9.17) is 0 Å². The standard InChI is InChI=1S/C28H29FN6O/c1-32-18-22(17-31-32)21-2-7-27-25(16-21)26(19-35(27)24-5-3-23(29)4-6-24)20-8-11-33(12-9-20)14-15-34-13-10-30-28(34)36/h2-8,16-19H,9-15H2,1H3,(H,30,36). The Morgan fingerprint density at radius 1 is 1.03 bits per heavy atom. The summed E-state index contributed by atoms with van der Waals surface area (Å²) in [6, 6.07) is 13.2. The first-order valence-electron chi connectivity index (χ1n) is 12.4. The molecule has 0 aliphatic carbocycles. The highest BCUT2D eigenvalue weighted by Gasteiger charge is 2.22. The van der Waals surface area contributed by atoms with E-state index in [-0.39, 0.29) is 11.8 Å². The number of nitrogens with one attached hydrogen (secondary N) is 1. The first-order chi connectivity index (χ1) is 17.5. The highest BCUT2D eigenvalue weighted by atomic mass is 19.1. The molecule has 4 aromatic rings. The number of aromatic nitrogens is 3. The van der Waals surface area contributed by atoms with Gasteiger partial charge in [0, 0.05) is 80.9 Å². The first kappa shape index (κ1) is 22.5. The van der Waals surface area contributed by atoms with Crippen LogP contribution >= 0.6 is 0 Å². The van der Waals surface area contributed by atoms with E-state index in [1.807, 2.05) is 41.2 Å². The average Bonchev–Trinajstić information content (AvgIpc) is 3.62. The Labute approximate surface area is 209 Å². The summed E-state index contributed by atoms with van der Waals surface area (Å²) in [6.07, 6.45) is 9.34. The molecule has 2 aliphatic rings. The summed E-state index contributed by atoms with van der Waals surface area (Å²) in [7, 11) is 1.92. The van der Waals surface area contributed by atoms with Gasteiger partial charge in [-0.3, -0.25) is 9.58 Å². The number of hydrogen-bond acceptors (Lipinski definition) is 3.